The minimum absolute atomic E-state index is 0.00550. The predicted octanol–water partition coefficient (Wildman–Crippen LogP) is 5.99. The van der Waals surface area contributed by atoms with Crippen molar-refractivity contribution in [1.29, 1.82) is 0 Å². The number of alkyl carbamates (subject to hydrolysis) is 1. The highest BCUT2D eigenvalue weighted by Crippen LogP contribution is 2.44. The highest BCUT2D eigenvalue weighted by atomic mass is 35.5. The molecule has 2 aromatic heterocycles. The van der Waals surface area contributed by atoms with Gasteiger partial charge in [-0.1, -0.05) is 11.6 Å². The van der Waals surface area contributed by atoms with Gasteiger partial charge in [0.1, 0.15) is 35.4 Å². The lowest BCUT2D eigenvalue weighted by Crippen LogP contribution is -2.45. The number of anilines is 2. The van der Waals surface area contributed by atoms with Gasteiger partial charge in [-0.2, -0.15) is 23.1 Å². The van der Waals surface area contributed by atoms with Crippen molar-refractivity contribution in [3.05, 3.63) is 34.7 Å². The third kappa shape index (κ3) is 7.76. The number of halogens is 6. The van der Waals surface area contributed by atoms with Crippen molar-refractivity contribution < 1.29 is 41.0 Å². The van der Waals surface area contributed by atoms with Crippen LogP contribution in [-0.4, -0.2) is 89.3 Å². The van der Waals surface area contributed by atoms with Crippen molar-refractivity contribution in [3.8, 4) is 17.3 Å². The van der Waals surface area contributed by atoms with Gasteiger partial charge in [0.2, 0.25) is 0 Å². The fourth-order valence-corrected chi connectivity index (χ4v) is 6.56. The third-order valence-corrected chi connectivity index (χ3v) is 8.45. The number of nitrogens with one attached hydrogen (secondary N) is 2. The van der Waals surface area contributed by atoms with E-state index in [4.69, 9.17) is 31.5 Å². The summed E-state index contributed by atoms with van der Waals surface area (Å²) >= 11 is 5.93. The Balaban J connectivity index is 1.55. The summed E-state index contributed by atoms with van der Waals surface area (Å²) < 4.78 is 89.6. The average molecular weight is 702 g/mol. The quantitative estimate of drug-likeness (QED) is 0.171. The first kappa shape index (κ1) is 35.5. The normalized spacial score (nSPS) is 20.5. The Hall–Kier alpha value is -3.76. The Bertz CT molecular complexity index is 1680. The number of carbonyl (C=O) groups is 1. The van der Waals surface area contributed by atoms with Crippen LogP contribution in [0.15, 0.2) is 18.3 Å². The lowest BCUT2D eigenvalue weighted by Gasteiger charge is -2.30. The molecule has 3 aromatic rings. The minimum atomic E-state index is -4.96. The van der Waals surface area contributed by atoms with Gasteiger partial charge < -0.3 is 30.6 Å². The van der Waals surface area contributed by atoms with E-state index in [-0.39, 0.29) is 55.6 Å². The highest BCUT2D eigenvalue weighted by Gasteiger charge is 2.49. The predicted molar refractivity (Wildman–Crippen MR) is 169 cm³/mol. The molecular weight excluding hydrogens is 665 g/mol. The molecule has 0 bridgehead atoms. The monoisotopic (exact) mass is 701 g/mol. The first-order chi connectivity index (χ1) is 22.5. The van der Waals surface area contributed by atoms with E-state index in [0.29, 0.717) is 13.0 Å². The molecule has 3 atom stereocenters. The van der Waals surface area contributed by atoms with E-state index < -0.39 is 68.8 Å². The zero-order chi connectivity index (χ0) is 35.0. The van der Waals surface area contributed by atoms with Crippen molar-refractivity contribution in [1.82, 2.24) is 25.2 Å². The molecular formula is C31H37ClF5N7O4. The summed E-state index contributed by atoms with van der Waals surface area (Å²) in [5.41, 5.74) is 1.22. The van der Waals surface area contributed by atoms with E-state index in [9.17, 15) is 22.4 Å². The second kappa shape index (κ2) is 13.6. The zero-order valence-electron chi connectivity index (χ0n) is 26.8. The number of nitrogen functional groups attached to an aromatic ring is 1. The number of aromatic nitrogens is 3. The van der Waals surface area contributed by atoms with Gasteiger partial charge in [-0.25, -0.2) is 13.6 Å². The molecule has 17 heteroatoms. The van der Waals surface area contributed by atoms with Crippen LogP contribution in [0.1, 0.15) is 45.6 Å². The zero-order valence-corrected chi connectivity index (χ0v) is 27.6. The van der Waals surface area contributed by atoms with Gasteiger partial charge in [-0.15, -0.1) is 0 Å². The number of amides is 1. The van der Waals surface area contributed by atoms with Crippen LogP contribution in [0.5, 0.6) is 6.01 Å². The molecule has 4 N–H and O–H groups in total. The maximum absolute atomic E-state index is 16.4. The number of fused-ring (bicyclic) bond motifs is 2. The number of hydrogen-bond donors (Lipinski definition) is 3. The molecule has 1 unspecified atom stereocenters. The molecule has 0 spiro atoms. The molecule has 2 aliphatic rings. The Morgan fingerprint density at radius 2 is 2.00 bits per heavy atom. The summed E-state index contributed by atoms with van der Waals surface area (Å²) in [7, 11) is 1.44. The Morgan fingerprint density at radius 3 is 2.69 bits per heavy atom. The Morgan fingerprint density at radius 1 is 1.25 bits per heavy atom. The first-order valence-corrected chi connectivity index (χ1v) is 15.6. The molecule has 0 aliphatic carbocycles. The molecule has 0 saturated carbocycles. The summed E-state index contributed by atoms with van der Waals surface area (Å²) in [6.45, 7) is 6.15. The highest BCUT2D eigenvalue weighted by molar-refractivity contribution is 6.32. The second-order valence-corrected chi connectivity index (χ2v) is 13.4. The molecule has 1 aromatic carbocycles. The Kier molecular flexibility index (Phi) is 10.1. The van der Waals surface area contributed by atoms with Gasteiger partial charge in [0.15, 0.2) is 5.82 Å². The number of nitrogens with zero attached hydrogens (tertiary/aromatic N) is 4. The van der Waals surface area contributed by atoms with Crippen molar-refractivity contribution in [2.24, 2.45) is 0 Å². The number of alkyl halides is 4. The van der Waals surface area contributed by atoms with Gasteiger partial charge in [0.25, 0.3) is 0 Å². The van der Waals surface area contributed by atoms with Crippen LogP contribution in [0.4, 0.5) is 38.3 Å². The SMILES string of the molecule is COCC(CNc1nc(OC[C@@]23CCCN2C[C@H](F)C3)nc2c(F)c(-c3cc(N)cc(Cl)c3C(F)(F)F)ncc12)NC(=O)OC(C)(C)C. The van der Waals surface area contributed by atoms with Gasteiger partial charge in [0.05, 0.1) is 34.2 Å². The summed E-state index contributed by atoms with van der Waals surface area (Å²) in [6, 6.07) is 0.894. The van der Waals surface area contributed by atoms with E-state index in [0.717, 1.165) is 24.8 Å². The van der Waals surface area contributed by atoms with Crippen molar-refractivity contribution in [2.75, 3.05) is 51.0 Å². The maximum Gasteiger partial charge on any atom is 0.418 e. The van der Waals surface area contributed by atoms with Crippen molar-refractivity contribution in [3.63, 3.8) is 0 Å². The van der Waals surface area contributed by atoms with Crippen molar-refractivity contribution >= 4 is 40.1 Å². The average Bonchev–Trinajstić information content (AvgIpc) is 3.48. The first-order valence-electron chi connectivity index (χ1n) is 15.3. The molecule has 0 radical (unpaired) electrons. The lowest BCUT2D eigenvalue weighted by atomic mass is 9.95. The van der Waals surface area contributed by atoms with E-state index >= 15 is 4.39 Å². The number of rotatable bonds is 10. The van der Waals surface area contributed by atoms with E-state index in [2.05, 4.69) is 25.6 Å². The van der Waals surface area contributed by atoms with E-state index in [1.165, 1.54) is 7.11 Å². The second-order valence-electron chi connectivity index (χ2n) is 13.0. The van der Waals surface area contributed by atoms with Crippen LogP contribution in [0, 0.1) is 5.82 Å². The van der Waals surface area contributed by atoms with Gasteiger partial charge >= 0.3 is 18.3 Å². The van der Waals surface area contributed by atoms with Crippen LogP contribution in [-0.2, 0) is 15.7 Å². The standard InChI is InChI=1S/C31H37ClF5N7O4/c1-29(2,3)48-28(45)41-18(14-46-4)11-40-26-20-12-39-24(19-8-17(38)9-21(32)22(19)31(35,36)37)23(34)25(20)42-27(43-26)47-15-30-6-5-7-44(30)13-16(33)10-30/h8-9,12,16,18H,5-7,10-11,13-15,38H2,1-4H3,(H,41,45)(H,40,42,43)/t16-,18?,30+/m1/s1. The number of nitrogens with two attached hydrogens (primary N) is 1. The number of methoxy groups -OCH3 is 1. The molecule has 2 aliphatic heterocycles. The van der Waals surface area contributed by atoms with E-state index in [1.54, 1.807) is 20.8 Å². The van der Waals surface area contributed by atoms with Gasteiger partial charge in [-0.05, 0) is 52.3 Å². The number of carbonyl (C=O) groups excluding carboxylic acids is 1. The molecule has 4 heterocycles. The van der Waals surface area contributed by atoms with Crippen LogP contribution in [0.25, 0.3) is 22.2 Å². The number of ether oxygens (including phenoxy) is 3. The molecule has 262 valence electrons. The molecule has 2 saturated heterocycles. The minimum Gasteiger partial charge on any atom is -0.461 e. The Labute approximate surface area is 278 Å². The van der Waals surface area contributed by atoms with Crippen LogP contribution in [0.3, 0.4) is 0 Å². The van der Waals surface area contributed by atoms with Crippen molar-refractivity contribution in [2.45, 2.75) is 69.6 Å². The molecule has 1 amide bonds. The summed E-state index contributed by atoms with van der Waals surface area (Å²) in [4.78, 5) is 27.2. The molecule has 48 heavy (non-hydrogen) atoms. The van der Waals surface area contributed by atoms with Crippen LogP contribution < -0.4 is 21.1 Å². The topological polar surface area (TPSA) is 137 Å². The summed E-state index contributed by atoms with van der Waals surface area (Å²) in [5, 5.41) is 4.99. The molecule has 2 fully saturated rings. The summed E-state index contributed by atoms with van der Waals surface area (Å²) in [6.07, 6.45) is -3.80. The molecule has 5 rings (SSSR count). The third-order valence-electron chi connectivity index (χ3n) is 8.15. The fraction of sp³-hybridized carbons (Fsp3) is 0.548. The largest absolute Gasteiger partial charge is 0.461 e. The number of benzene rings is 1. The van der Waals surface area contributed by atoms with Crippen LogP contribution in [0.2, 0.25) is 5.02 Å². The lowest BCUT2D eigenvalue weighted by molar-refractivity contribution is -0.137. The smallest absolute Gasteiger partial charge is 0.418 e. The number of pyridine rings is 1. The van der Waals surface area contributed by atoms with Crippen LogP contribution >= 0.6 is 11.6 Å². The fourth-order valence-electron chi connectivity index (χ4n) is 6.22. The summed E-state index contributed by atoms with van der Waals surface area (Å²) in [5.74, 6) is -1.20. The van der Waals surface area contributed by atoms with Gasteiger partial charge in [-0.3, -0.25) is 9.88 Å². The molecule has 11 nitrogen and oxygen atoms in total. The van der Waals surface area contributed by atoms with Gasteiger partial charge in [0, 0.05) is 44.1 Å². The van der Waals surface area contributed by atoms with E-state index in [1.807, 2.05) is 4.90 Å². The maximum atomic E-state index is 16.4. The number of hydrogen-bond acceptors (Lipinski definition) is 10.